The summed E-state index contributed by atoms with van der Waals surface area (Å²) < 4.78 is 5.16. The second kappa shape index (κ2) is 61.4. The quantitative estimate of drug-likeness (QED) is 0.0226. The first-order valence-corrected chi connectivity index (χ1v) is 28.4. The summed E-state index contributed by atoms with van der Waals surface area (Å²) in [5.74, 6) is -2.41. The molecule has 0 radical (unpaired) electrons. The highest BCUT2D eigenvalue weighted by Gasteiger charge is 2.13. The summed E-state index contributed by atoms with van der Waals surface area (Å²) in [6.45, 7) is 14.4. The fourth-order valence-corrected chi connectivity index (χ4v) is 5.92. The second-order valence-electron chi connectivity index (χ2n) is 16.4. The van der Waals surface area contributed by atoms with Crippen molar-refractivity contribution in [2.45, 2.75) is 137 Å². The number of aromatic hydroxyl groups is 1. The number of para-hydroxylation sites is 2. The molecule has 0 saturated heterocycles. The Morgan fingerprint density at radius 2 is 0.718 bits per heavy atom. The molecular formula is C66H93Cl2NO9. The predicted octanol–water partition coefficient (Wildman–Crippen LogP) is 18.2. The van der Waals surface area contributed by atoms with Crippen LogP contribution in [0.5, 0.6) is 11.5 Å². The fraction of sp³-hybridized carbons (Fsp3) is 0.394. The van der Waals surface area contributed by atoms with Crippen molar-refractivity contribution in [2.24, 2.45) is 0 Å². The van der Waals surface area contributed by atoms with E-state index in [4.69, 9.17) is 48.4 Å². The first-order valence-electron chi connectivity index (χ1n) is 27.3. The van der Waals surface area contributed by atoms with E-state index in [1.165, 1.54) is 43.9 Å². The Morgan fingerprint density at radius 1 is 0.423 bits per heavy atom. The molecule has 0 aliphatic heterocycles. The highest BCUT2D eigenvalue weighted by molar-refractivity contribution is 6.25. The van der Waals surface area contributed by atoms with E-state index in [9.17, 15) is 19.2 Å². The number of hydrogen-bond acceptors (Lipinski definition) is 7. The zero-order valence-electron chi connectivity index (χ0n) is 47.4. The second-order valence-corrected chi connectivity index (χ2v) is 17.2. The summed E-state index contributed by atoms with van der Waals surface area (Å²) in [5.41, 5.74) is -0.0812. The summed E-state index contributed by atoms with van der Waals surface area (Å²) in [6.07, 6.45) is 64.6. The number of ether oxygens (including phenoxy) is 1. The number of aromatic carboxylic acids is 2. The minimum Gasteiger partial charge on any atom is -0.507 e. The first kappa shape index (κ1) is 75.8. The topological polar surface area (TPSA) is 162 Å². The molecule has 2 aromatic rings. The lowest BCUT2D eigenvalue weighted by Crippen LogP contribution is -2.21. The molecule has 0 aliphatic rings. The molecule has 0 fully saturated rings. The molecule has 0 aromatic heterocycles. The summed E-state index contributed by atoms with van der Waals surface area (Å²) in [7, 11) is 0. The van der Waals surface area contributed by atoms with Gasteiger partial charge in [-0.1, -0.05) is 205 Å². The highest BCUT2D eigenvalue weighted by Crippen LogP contribution is 2.19. The van der Waals surface area contributed by atoms with Crippen molar-refractivity contribution in [3.8, 4) is 11.5 Å². The maximum atomic E-state index is 11.9. The Balaban J connectivity index is -0.00000107. The maximum absolute atomic E-state index is 11.9. The Morgan fingerprint density at radius 3 is 0.987 bits per heavy atom. The van der Waals surface area contributed by atoms with Crippen molar-refractivity contribution in [2.75, 3.05) is 31.4 Å². The molecule has 78 heavy (non-hydrogen) atoms. The number of nitrogens with zero attached hydrogens (tertiary/aromatic N) is 1. The molecule has 0 bridgehead atoms. The van der Waals surface area contributed by atoms with E-state index in [-0.39, 0.29) is 35.5 Å². The van der Waals surface area contributed by atoms with E-state index in [1.807, 2.05) is 24.3 Å². The van der Waals surface area contributed by atoms with Gasteiger partial charge in [-0.25, -0.2) is 9.59 Å². The van der Waals surface area contributed by atoms with Crippen molar-refractivity contribution >= 4 is 47.1 Å². The van der Waals surface area contributed by atoms with Crippen molar-refractivity contribution < 1.29 is 44.3 Å². The molecule has 2 aromatic carbocycles. The van der Waals surface area contributed by atoms with Gasteiger partial charge in [-0.2, -0.15) is 0 Å². The molecule has 0 unspecified atom stereocenters. The summed E-state index contributed by atoms with van der Waals surface area (Å²) in [4.78, 5) is 46.0. The van der Waals surface area contributed by atoms with E-state index >= 15 is 0 Å². The third-order valence-electron chi connectivity index (χ3n) is 10.1. The summed E-state index contributed by atoms with van der Waals surface area (Å²) >= 11 is 10.1. The largest absolute Gasteiger partial charge is 0.507 e. The monoisotopic (exact) mass is 1110 g/mol. The van der Waals surface area contributed by atoms with Gasteiger partial charge in [0.05, 0.1) is 0 Å². The third kappa shape index (κ3) is 55.8. The number of carboxylic acids is 3. The van der Waals surface area contributed by atoms with E-state index in [1.54, 1.807) is 24.3 Å². The van der Waals surface area contributed by atoms with Gasteiger partial charge >= 0.3 is 23.9 Å². The standard InChI is InChI=1S/C29H36O4.C22H32O2.C7H6O3.C6H15N.C2H4Cl2/c1-2-3-4-5-6-7-8-9-10-11-12-13-14-15-16-17-18-19-20-25-28(30)33-27-24-22-21-23-26(27)29(31)32;1-2-3-4-5-6-7-8-9-10-11-12-13-14-15-16-17-18-19-20-21-22(23)24;8-6-4-2-1-3-5(6)7(9)10;1-4-7(5-2)6-3;3-1-2-4/h3-4,6-7,9-10,12-13,15-16,18-19,21-24H,2,5,8,11,14,17,20,25H2,1H3,(H,31,32);3-4,6-7,9-10,12-13,15-16,18-19H,2,5,8,11,14,17,20-21H2,1H3,(H,23,24);1-4,8H,(H,9,10);4-6H2,1-3H3;1-2H2/b2*4-3-,7-6-,10-9-,13-12-,16-15-,19-18-;;;. The van der Waals surface area contributed by atoms with Gasteiger partial charge in [-0.05, 0) is 134 Å². The molecule has 0 spiro atoms. The molecule has 0 saturated carbocycles. The number of esters is 1. The van der Waals surface area contributed by atoms with Crippen LogP contribution in [0.1, 0.15) is 158 Å². The molecule has 2 rings (SSSR count). The van der Waals surface area contributed by atoms with Crippen LogP contribution in [0, 0.1) is 0 Å². The van der Waals surface area contributed by atoms with Crippen LogP contribution in [0.25, 0.3) is 0 Å². The Hall–Kier alpha value is -6.46. The van der Waals surface area contributed by atoms with Crippen molar-refractivity contribution in [1.82, 2.24) is 4.90 Å². The predicted molar refractivity (Wildman–Crippen MR) is 332 cm³/mol. The number of benzene rings is 2. The third-order valence-corrected chi connectivity index (χ3v) is 10.7. The van der Waals surface area contributed by atoms with Crippen LogP contribution >= 0.6 is 23.2 Å². The first-order chi connectivity index (χ1) is 37.9. The van der Waals surface area contributed by atoms with Gasteiger partial charge in [0.15, 0.2) is 0 Å². The highest BCUT2D eigenvalue weighted by atomic mass is 35.5. The summed E-state index contributed by atoms with van der Waals surface area (Å²) in [5, 5.41) is 34.9. The molecule has 10 nitrogen and oxygen atoms in total. The number of alkyl halides is 2. The molecular weight excluding hydrogens is 1020 g/mol. The molecule has 12 heteroatoms. The van der Waals surface area contributed by atoms with E-state index in [0.717, 1.165) is 77.0 Å². The van der Waals surface area contributed by atoms with Gasteiger partial charge in [0.1, 0.15) is 22.6 Å². The Bertz CT molecular complexity index is 2170. The van der Waals surface area contributed by atoms with E-state index < -0.39 is 23.9 Å². The van der Waals surface area contributed by atoms with Crippen molar-refractivity contribution in [3.63, 3.8) is 0 Å². The van der Waals surface area contributed by atoms with Gasteiger partial charge in [-0.15, -0.1) is 23.2 Å². The average Bonchev–Trinajstić information content (AvgIpc) is 3.43. The summed E-state index contributed by atoms with van der Waals surface area (Å²) in [6, 6.07) is 11.9. The van der Waals surface area contributed by atoms with Crippen LogP contribution in [0.2, 0.25) is 0 Å². The lowest BCUT2D eigenvalue weighted by atomic mass is 10.2. The van der Waals surface area contributed by atoms with Gasteiger partial charge in [0, 0.05) is 24.6 Å². The minimum absolute atomic E-state index is 0.0141. The molecule has 0 aliphatic carbocycles. The molecule has 4 N–H and O–H groups in total. The Labute approximate surface area is 479 Å². The number of aliphatic carboxylic acids is 1. The molecule has 0 atom stereocenters. The number of hydrogen-bond donors (Lipinski definition) is 4. The van der Waals surface area contributed by atoms with E-state index in [2.05, 4.69) is 161 Å². The minimum atomic E-state index is -1.12. The lowest BCUT2D eigenvalue weighted by Gasteiger charge is -2.13. The number of rotatable bonds is 35. The normalized spacial score (nSPS) is 11.7. The number of carbonyl (C=O) groups excluding carboxylic acids is 1. The van der Waals surface area contributed by atoms with Gasteiger partial charge in [0.25, 0.3) is 0 Å². The van der Waals surface area contributed by atoms with Crippen molar-refractivity contribution in [1.29, 1.82) is 0 Å². The SMILES string of the molecule is CC/C=C\C/C=C\C/C=C\C/C=C\C/C=C\C/C=C\CCC(=O)O.CC/C=C\C/C=C\C/C=C\C/C=C\C/C=C\C/C=C\CCC(=O)Oc1ccccc1C(=O)O.CCN(CC)CC.ClCCCl.O=C(O)c1ccccc1O. The molecule has 430 valence electrons. The maximum Gasteiger partial charge on any atom is 0.339 e. The zero-order chi connectivity index (χ0) is 58.4. The molecule has 0 amide bonds. The fourth-order valence-electron chi connectivity index (χ4n) is 5.92. The number of allylic oxidation sites excluding steroid dienone is 24. The number of halogens is 2. The van der Waals surface area contributed by atoms with Crippen LogP contribution in [-0.2, 0) is 9.59 Å². The van der Waals surface area contributed by atoms with Gasteiger partial charge < -0.3 is 30.1 Å². The van der Waals surface area contributed by atoms with Crippen LogP contribution < -0.4 is 4.74 Å². The van der Waals surface area contributed by atoms with Crippen LogP contribution in [0.3, 0.4) is 0 Å². The van der Waals surface area contributed by atoms with Gasteiger partial charge in [0.2, 0.25) is 0 Å². The smallest absolute Gasteiger partial charge is 0.339 e. The zero-order valence-corrected chi connectivity index (χ0v) is 48.9. The van der Waals surface area contributed by atoms with Crippen LogP contribution in [0.4, 0.5) is 0 Å². The average molecular weight is 1120 g/mol. The lowest BCUT2D eigenvalue weighted by molar-refractivity contribution is -0.137. The van der Waals surface area contributed by atoms with Gasteiger partial charge in [-0.3, -0.25) is 9.59 Å². The Kier molecular flexibility index (Phi) is 59.6. The molecule has 0 heterocycles. The van der Waals surface area contributed by atoms with Crippen molar-refractivity contribution in [3.05, 3.63) is 205 Å². The number of carbonyl (C=O) groups is 4. The van der Waals surface area contributed by atoms with Crippen LogP contribution in [0.15, 0.2) is 194 Å². The number of carboxylic acid groups (broad SMARTS) is 3. The number of phenols is 1. The van der Waals surface area contributed by atoms with Crippen LogP contribution in [-0.4, -0.2) is 80.6 Å². The van der Waals surface area contributed by atoms with E-state index in [0.29, 0.717) is 24.6 Å².